The number of carbonyl (C=O) groups excluding carboxylic acids is 2. The molecule has 7 heteroatoms. The van der Waals surface area contributed by atoms with Crippen LogP contribution in [0.4, 0.5) is 10.1 Å². The zero-order valence-corrected chi connectivity index (χ0v) is 16.2. The molecule has 142 valence electrons. The summed E-state index contributed by atoms with van der Waals surface area (Å²) in [4.78, 5) is 26.7. The molecule has 1 atom stereocenters. The number of hydrogen-bond acceptors (Lipinski definition) is 4. The highest BCUT2D eigenvalue weighted by atomic mass is 32.2. The van der Waals surface area contributed by atoms with Crippen molar-refractivity contribution >= 4 is 29.3 Å². The summed E-state index contributed by atoms with van der Waals surface area (Å²) in [6.07, 6.45) is 0.462. The van der Waals surface area contributed by atoms with Crippen molar-refractivity contribution in [3.05, 3.63) is 76.1 Å². The molecule has 3 rings (SSSR count). The molecule has 0 aliphatic carbocycles. The highest BCUT2D eigenvalue weighted by Crippen LogP contribution is 2.42. The van der Waals surface area contributed by atoms with Crippen LogP contribution in [0.1, 0.15) is 11.1 Å². The molecular formula is C21H18FN3O2S. The minimum absolute atomic E-state index is 0.141. The number of anilines is 1. The Kier molecular flexibility index (Phi) is 5.81. The van der Waals surface area contributed by atoms with E-state index in [1.54, 1.807) is 0 Å². The first-order valence-corrected chi connectivity index (χ1v) is 9.51. The van der Waals surface area contributed by atoms with Crippen LogP contribution < -0.4 is 10.2 Å². The smallest absolute Gasteiger partial charge is 0.264 e. The molecule has 2 amide bonds. The fourth-order valence-electron chi connectivity index (χ4n) is 2.98. The van der Waals surface area contributed by atoms with Gasteiger partial charge in [-0.15, -0.1) is 0 Å². The SMILES string of the molecule is CNC(=O)C(C#N)=C1SC(Cc2ccccc2C)C(=O)N1c1ccc(F)cc1. The number of nitrogens with zero attached hydrogens (tertiary/aromatic N) is 2. The predicted molar refractivity (Wildman–Crippen MR) is 107 cm³/mol. The average Bonchev–Trinajstić information content (AvgIpc) is 3.01. The third kappa shape index (κ3) is 3.78. The van der Waals surface area contributed by atoms with E-state index in [-0.39, 0.29) is 16.5 Å². The van der Waals surface area contributed by atoms with Crippen LogP contribution in [0.15, 0.2) is 59.1 Å². The fraction of sp³-hybridized carbons (Fsp3) is 0.190. The van der Waals surface area contributed by atoms with E-state index in [9.17, 15) is 19.2 Å². The van der Waals surface area contributed by atoms with Crippen molar-refractivity contribution in [3.63, 3.8) is 0 Å². The number of thioether (sulfide) groups is 1. The number of likely N-dealkylation sites (N-methyl/N-ethyl adjacent to an activating group) is 1. The summed E-state index contributed by atoms with van der Waals surface area (Å²) in [7, 11) is 1.43. The van der Waals surface area contributed by atoms with Gasteiger partial charge in [0.15, 0.2) is 0 Å². The number of aryl methyl sites for hydroxylation is 1. The predicted octanol–water partition coefficient (Wildman–Crippen LogP) is 3.31. The molecule has 2 aromatic rings. The number of halogens is 1. The van der Waals surface area contributed by atoms with Gasteiger partial charge in [-0.1, -0.05) is 36.0 Å². The second-order valence-corrected chi connectivity index (χ2v) is 7.45. The van der Waals surface area contributed by atoms with E-state index in [0.717, 1.165) is 11.1 Å². The molecule has 1 aliphatic rings. The van der Waals surface area contributed by atoms with Crippen LogP contribution in [0.5, 0.6) is 0 Å². The molecule has 1 N–H and O–H groups in total. The molecule has 1 unspecified atom stereocenters. The Hall–Kier alpha value is -3.11. The molecule has 0 spiro atoms. The fourth-order valence-corrected chi connectivity index (χ4v) is 4.27. The summed E-state index contributed by atoms with van der Waals surface area (Å²) in [5.74, 6) is -1.25. The molecule has 0 bridgehead atoms. The first-order chi connectivity index (χ1) is 13.5. The second-order valence-electron chi connectivity index (χ2n) is 6.26. The lowest BCUT2D eigenvalue weighted by Crippen LogP contribution is -2.31. The standard InChI is InChI=1S/C21H18FN3O2S/c1-13-5-3-4-6-14(13)11-18-20(27)25(16-9-7-15(22)8-10-16)21(28-18)17(12-23)19(26)24-2/h3-10,18H,11H2,1-2H3,(H,24,26). The third-order valence-electron chi connectivity index (χ3n) is 4.48. The largest absolute Gasteiger partial charge is 0.354 e. The summed E-state index contributed by atoms with van der Waals surface area (Å²) < 4.78 is 13.3. The van der Waals surface area contributed by atoms with Crippen LogP contribution in [0, 0.1) is 24.1 Å². The lowest BCUT2D eigenvalue weighted by atomic mass is 10.0. The van der Waals surface area contributed by atoms with Crippen LogP contribution in [-0.2, 0) is 16.0 Å². The highest BCUT2D eigenvalue weighted by Gasteiger charge is 2.40. The first-order valence-electron chi connectivity index (χ1n) is 8.63. The number of amides is 2. The van der Waals surface area contributed by atoms with Crippen LogP contribution in [0.2, 0.25) is 0 Å². The van der Waals surface area contributed by atoms with Gasteiger partial charge in [0, 0.05) is 12.7 Å². The van der Waals surface area contributed by atoms with E-state index in [4.69, 9.17) is 0 Å². The Morgan fingerprint density at radius 2 is 1.93 bits per heavy atom. The lowest BCUT2D eigenvalue weighted by Gasteiger charge is -2.18. The molecule has 0 radical (unpaired) electrons. The number of benzene rings is 2. The van der Waals surface area contributed by atoms with E-state index in [0.29, 0.717) is 12.1 Å². The van der Waals surface area contributed by atoms with Crippen molar-refractivity contribution in [1.82, 2.24) is 5.32 Å². The van der Waals surface area contributed by atoms with Crippen LogP contribution in [0.25, 0.3) is 0 Å². The van der Waals surface area contributed by atoms with Gasteiger partial charge in [-0.2, -0.15) is 5.26 Å². The number of nitrogens with one attached hydrogen (secondary N) is 1. The number of carbonyl (C=O) groups is 2. The molecule has 5 nitrogen and oxygen atoms in total. The summed E-state index contributed by atoms with van der Waals surface area (Å²) in [5, 5.41) is 11.7. The highest BCUT2D eigenvalue weighted by molar-refractivity contribution is 8.05. The molecule has 1 aliphatic heterocycles. The van der Waals surface area contributed by atoms with Crippen molar-refractivity contribution in [2.45, 2.75) is 18.6 Å². The van der Waals surface area contributed by atoms with Crippen LogP contribution in [-0.4, -0.2) is 24.1 Å². The Morgan fingerprint density at radius 3 is 2.54 bits per heavy atom. The monoisotopic (exact) mass is 395 g/mol. The minimum atomic E-state index is -0.568. The normalized spacial score (nSPS) is 18.0. The zero-order chi connectivity index (χ0) is 20.3. The summed E-state index contributed by atoms with van der Waals surface area (Å²) in [5.41, 5.74) is 2.36. The molecule has 1 saturated heterocycles. The minimum Gasteiger partial charge on any atom is -0.354 e. The van der Waals surface area contributed by atoms with E-state index >= 15 is 0 Å². The van der Waals surface area contributed by atoms with Gasteiger partial charge in [-0.05, 0) is 48.7 Å². The molecule has 1 heterocycles. The van der Waals surface area contributed by atoms with Gasteiger partial charge >= 0.3 is 0 Å². The zero-order valence-electron chi connectivity index (χ0n) is 15.4. The third-order valence-corrected chi connectivity index (χ3v) is 5.75. The van der Waals surface area contributed by atoms with Gasteiger partial charge in [0.1, 0.15) is 22.5 Å². The van der Waals surface area contributed by atoms with E-state index in [2.05, 4.69) is 5.32 Å². The average molecular weight is 395 g/mol. The maximum Gasteiger partial charge on any atom is 0.264 e. The number of hydrogen-bond donors (Lipinski definition) is 1. The van der Waals surface area contributed by atoms with Crippen molar-refractivity contribution in [2.75, 3.05) is 11.9 Å². The van der Waals surface area contributed by atoms with E-state index in [1.165, 1.54) is 48.0 Å². The van der Waals surface area contributed by atoms with E-state index in [1.807, 2.05) is 37.3 Å². The Morgan fingerprint density at radius 1 is 1.25 bits per heavy atom. The van der Waals surface area contributed by atoms with Gasteiger partial charge < -0.3 is 5.32 Å². The van der Waals surface area contributed by atoms with Gasteiger partial charge in [-0.25, -0.2) is 4.39 Å². The maximum atomic E-state index is 13.3. The van der Waals surface area contributed by atoms with Crippen LogP contribution in [0.3, 0.4) is 0 Å². The van der Waals surface area contributed by atoms with Crippen LogP contribution >= 0.6 is 11.8 Å². The Bertz CT molecular complexity index is 995. The Balaban J connectivity index is 2.06. The second kappa shape index (κ2) is 8.28. The quantitative estimate of drug-likeness (QED) is 0.637. The van der Waals surface area contributed by atoms with Crippen molar-refractivity contribution in [2.24, 2.45) is 0 Å². The molecule has 1 fully saturated rings. The maximum absolute atomic E-state index is 13.3. The summed E-state index contributed by atoms with van der Waals surface area (Å²) in [6.45, 7) is 1.97. The van der Waals surface area contributed by atoms with Crippen molar-refractivity contribution in [1.29, 1.82) is 5.26 Å². The lowest BCUT2D eigenvalue weighted by molar-refractivity contribution is -0.117. The Labute approximate surface area is 166 Å². The first kappa shape index (κ1) is 19.6. The van der Waals surface area contributed by atoms with E-state index < -0.39 is 17.0 Å². The van der Waals surface area contributed by atoms with Gasteiger partial charge in [0.25, 0.3) is 5.91 Å². The molecular weight excluding hydrogens is 377 g/mol. The topological polar surface area (TPSA) is 73.2 Å². The molecule has 28 heavy (non-hydrogen) atoms. The van der Waals surface area contributed by atoms with Gasteiger partial charge in [-0.3, -0.25) is 14.5 Å². The van der Waals surface area contributed by atoms with Gasteiger partial charge in [0.2, 0.25) is 5.91 Å². The van der Waals surface area contributed by atoms with Gasteiger partial charge in [0.05, 0.1) is 5.25 Å². The molecule has 0 saturated carbocycles. The molecule has 2 aromatic carbocycles. The number of rotatable bonds is 4. The summed E-state index contributed by atoms with van der Waals surface area (Å²) in [6, 6.07) is 15.1. The summed E-state index contributed by atoms with van der Waals surface area (Å²) >= 11 is 1.18. The van der Waals surface area contributed by atoms with Crippen molar-refractivity contribution in [3.8, 4) is 6.07 Å². The number of nitriles is 1. The van der Waals surface area contributed by atoms with Crippen molar-refractivity contribution < 1.29 is 14.0 Å². The molecule has 0 aromatic heterocycles.